The Morgan fingerprint density at radius 3 is 2.25 bits per heavy atom. The van der Waals surface area contributed by atoms with Crippen LogP contribution in [0.2, 0.25) is 0 Å². The minimum atomic E-state index is -0.155. The Morgan fingerprint density at radius 2 is 1.65 bits per heavy atom. The molecule has 20 heavy (non-hydrogen) atoms. The maximum Gasteiger partial charge on any atom is 0.259 e. The van der Waals surface area contributed by atoms with E-state index in [9.17, 15) is 4.79 Å². The summed E-state index contributed by atoms with van der Waals surface area (Å²) < 4.78 is 5.22. The molecule has 0 spiro atoms. The van der Waals surface area contributed by atoms with Crippen molar-refractivity contribution in [1.82, 2.24) is 0 Å². The van der Waals surface area contributed by atoms with Crippen molar-refractivity contribution < 1.29 is 9.53 Å². The molecule has 1 amide bonds. The van der Waals surface area contributed by atoms with Crippen LogP contribution in [0.4, 0.5) is 5.69 Å². The van der Waals surface area contributed by atoms with Crippen LogP contribution in [0, 0.1) is 20.8 Å². The van der Waals surface area contributed by atoms with E-state index >= 15 is 0 Å². The molecule has 1 N–H and O–H groups in total. The molecule has 2 aromatic rings. The molecular formula is C17H19NO2. The van der Waals surface area contributed by atoms with Gasteiger partial charge in [-0.1, -0.05) is 29.8 Å². The number of carbonyl (C=O) groups is 1. The predicted octanol–water partition coefficient (Wildman–Crippen LogP) is 3.87. The number of aryl methyl sites for hydroxylation is 3. The summed E-state index contributed by atoms with van der Waals surface area (Å²) in [6.07, 6.45) is 0. The van der Waals surface area contributed by atoms with Gasteiger partial charge in [0.1, 0.15) is 5.75 Å². The van der Waals surface area contributed by atoms with Gasteiger partial charge in [-0.15, -0.1) is 0 Å². The van der Waals surface area contributed by atoms with Gasteiger partial charge in [0.25, 0.3) is 5.91 Å². The molecule has 0 bridgehead atoms. The zero-order valence-corrected chi connectivity index (χ0v) is 12.3. The van der Waals surface area contributed by atoms with Crippen LogP contribution in [0.25, 0.3) is 0 Å². The number of benzene rings is 2. The highest BCUT2D eigenvalue weighted by Crippen LogP contribution is 2.24. The molecule has 2 aromatic carbocycles. The fourth-order valence-corrected chi connectivity index (χ4v) is 2.39. The second-order valence-corrected chi connectivity index (χ2v) is 4.93. The van der Waals surface area contributed by atoms with Crippen LogP contribution in [0.5, 0.6) is 5.75 Å². The number of amides is 1. The van der Waals surface area contributed by atoms with Gasteiger partial charge in [-0.3, -0.25) is 4.79 Å². The number of hydrogen-bond acceptors (Lipinski definition) is 2. The molecular weight excluding hydrogens is 250 g/mol. The summed E-state index contributed by atoms with van der Waals surface area (Å²) in [4.78, 5) is 12.4. The van der Waals surface area contributed by atoms with Gasteiger partial charge in [0, 0.05) is 5.69 Å². The number of nitrogens with one attached hydrogen (secondary N) is 1. The molecule has 0 radical (unpaired) electrons. The molecule has 0 saturated heterocycles. The Labute approximate surface area is 119 Å². The average molecular weight is 269 g/mol. The summed E-state index contributed by atoms with van der Waals surface area (Å²) in [5.74, 6) is 0.421. The second-order valence-electron chi connectivity index (χ2n) is 4.93. The lowest BCUT2D eigenvalue weighted by atomic mass is 10.0. The molecule has 0 saturated carbocycles. The van der Waals surface area contributed by atoms with Crippen LogP contribution in [0.1, 0.15) is 27.0 Å². The Balaban J connectivity index is 2.33. The largest absolute Gasteiger partial charge is 0.496 e. The summed E-state index contributed by atoms with van der Waals surface area (Å²) in [7, 11) is 1.56. The minimum Gasteiger partial charge on any atom is -0.496 e. The van der Waals surface area contributed by atoms with Gasteiger partial charge in [0.2, 0.25) is 0 Å². The first kappa shape index (κ1) is 14.1. The average Bonchev–Trinajstić information content (AvgIpc) is 2.42. The second kappa shape index (κ2) is 5.78. The minimum absolute atomic E-state index is 0.155. The highest BCUT2D eigenvalue weighted by atomic mass is 16.5. The van der Waals surface area contributed by atoms with Crippen LogP contribution in [-0.4, -0.2) is 13.0 Å². The molecule has 3 heteroatoms. The van der Waals surface area contributed by atoms with Crippen LogP contribution in [-0.2, 0) is 0 Å². The van der Waals surface area contributed by atoms with Crippen molar-refractivity contribution in [2.45, 2.75) is 20.8 Å². The highest BCUT2D eigenvalue weighted by molar-refractivity contribution is 6.06. The maximum atomic E-state index is 12.4. The van der Waals surface area contributed by atoms with Crippen molar-refractivity contribution in [2.24, 2.45) is 0 Å². The summed E-state index contributed by atoms with van der Waals surface area (Å²) in [5.41, 5.74) is 4.72. The fraction of sp³-hybridized carbons (Fsp3) is 0.235. The van der Waals surface area contributed by atoms with Crippen LogP contribution < -0.4 is 10.1 Å². The standard InChI is InChI=1S/C17H19NO2/c1-11-9-12(2)16(13(3)10-11)18-17(19)14-7-5-6-8-15(14)20-4/h5-10H,1-4H3,(H,18,19). The zero-order chi connectivity index (χ0) is 14.7. The molecule has 0 unspecified atom stereocenters. The Morgan fingerprint density at radius 1 is 1.05 bits per heavy atom. The van der Waals surface area contributed by atoms with Crippen molar-refractivity contribution in [3.8, 4) is 5.75 Å². The number of ether oxygens (including phenoxy) is 1. The molecule has 3 nitrogen and oxygen atoms in total. The molecule has 0 heterocycles. The molecule has 0 fully saturated rings. The van der Waals surface area contributed by atoms with Gasteiger partial charge in [0.05, 0.1) is 12.7 Å². The third-order valence-corrected chi connectivity index (χ3v) is 3.27. The lowest BCUT2D eigenvalue weighted by Crippen LogP contribution is -2.15. The van der Waals surface area contributed by atoms with Crippen molar-refractivity contribution in [1.29, 1.82) is 0 Å². The summed E-state index contributed by atoms with van der Waals surface area (Å²) in [6.45, 7) is 6.04. The van der Waals surface area contributed by atoms with Gasteiger partial charge in [-0.25, -0.2) is 0 Å². The number of hydrogen-bond donors (Lipinski definition) is 1. The Hall–Kier alpha value is -2.29. The van der Waals surface area contributed by atoms with Crippen molar-refractivity contribution in [3.63, 3.8) is 0 Å². The van der Waals surface area contributed by atoms with Gasteiger partial charge in [0.15, 0.2) is 0 Å². The summed E-state index contributed by atoms with van der Waals surface area (Å²) >= 11 is 0. The number of carbonyl (C=O) groups excluding carboxylic acids is 1. The smallest absolute Gasteiger partial charge is 0.259 e. The number of rotatable bonds is 3. The first-order valence-electron chi connectivity index (χ1n) is 6.55. The number of anilines is 1. The SMILES string of the molecule is COc1ccccc1C(=O)Nc1c(C)cc(C)cc1C. The third kappa shape index (κ3) is 2.82. The summed E-state index contributed by atoms with van der Waals surface area (Å²) in [6, 6.07) is 11.3. The fourth-order valence-electron chi connectivity index (χ4n) is 2.39. The monoisotopic (exact) mass is 269 g/mol. The Bertz CT molecular complexity index is 624. The normalized spacial score (nSPS) is 10.2. The lowest BCUT2D eigenvalue weighted by molar-refractivity contribution is 0.102. The molecule has 0 atom stereocenters. The van der Waals surface area contributed by atoms with E-state index in [2.05, 4.69) is 17.4 Å². The molecule has 0 aliphatic rings. The van der Waals surface area contributed by atoms with E-state index in [1.165, 1.54) is 5.56 Å². The molecule has 0 aliphatic heterocycles. The van der Waals surface area contributed by atoms with E-state index in [1.807, 2.05) is 32.9 Å². The van der Waals surface area contributed by atoms with E-state index in [0.29, 0.717) is 11.3 Å². The van der Waals surface area contributed by atoms with Crippen molar-refractivity contribution in [3.05, 3.63) is 58.7 Å². The summed E-state index contributed by atoms with van der Waals surface area (Å²) in [5, 5.41) is 2.98. The molecule has 0 aliphatic carbocycles. The maximum absolute atomic E-state index is 12.4. The van der Waals surface area contributed by atoms with Crippen molar-refractivity contribution >= 4 is 11.6 Å². The van der Waals surface area contributed by atoms with E-state index in [-0.39, 0.29) is 5.91 Å². The van der Waals surface area contributed by atoms with E-state index in [0.717, 1.165) is 16.8 Å². The predicted molar refractivity (Wildman–Crippen MR) is 81.6 cm³/mol. The molecule has 2 rings (SSSR count). The number of para-hydroxylation sites is 1. The molecule has 0 aromatic heterocycles. The number of methoxy groups -OCH3 is 1. The van der Waals surface area contributed by atoms with E-state index < -0.39 is 0 Å². The zero-order valence-electron chi connectivity index (χ0n) is 12.3. The van der Waals surface area contributed by atoms with Gasteiger partial charge in [-0.2, -0.15) is 0 Å². The van der Waals surface area contributed by atoms with Gasteiger partial charge < -0.3 is 10.1 Å². The third-order valence-electron chi connectivity index (χ3n) is 3.27. The van der Waals surface area contributed by atoms with Crippen LogP contribution in [0.15, 0.2) is 36.4 Å². The van der Waals surface area contributed by atoms with Crippen LogP contribution in [0.3, 0.4) is 0 Å². The Kier molecular flexibility index (Phi) is 4.08. The highest BCUT2D eigenvalue weighted by Gasteiger charge is 2.13. The van der Waals surface area contributed by atoms with Crippen molar-refractivity contribution in [2.75, 3.05) is 12.4 Å². The lowest BCUT2D eigenvalue weighted by Gasteiger charge is -2.14. The first-order chi connectivity index (χ1) is 9.52. The van der Waals surface area contributed by atoms with Crippen LogP contribution >= 0.6 is 0 Å². The van der Waals surface area contributed by atoms with E-state index in [4.69, 9.17) is 4.74 Å². The topological polar surface area (TPSA) is 38.3 Å². The van der Waals surface area contributed by atoms with Gasteiger partial charge >= 0.3 is 0 Å². The first-order valence-corrected chi connectivity index (χ1v) is 6.55. The van der Waals surface area contributed by atoms with Gasteiger partial charge in [-0.05, 0) is 44.0 Å². The quantitative estimate of drug-likeness (QED) is 0.918. The van der Waals surface area contributed by atoms with E-state index in [1.54, 1.807) is 19.2 Å². The molecule has 104 valence electrons.